The van der Waals surface area contributed by atoms with Crippen molar-refractivity contribution < 1.29 is 4.74 Å². The Hall–Kier alpha value is -0.130. The quantitative estimate of drug-likeness (QED) is 0.581. The molecule has 0 amide bonds. The fourth-order valence-electron chi connectivity index (χ4n) is 0.920. The van der Waals surface area contributed by atoms with Crippen LogP contribution in [0.3, 0.4) is 0 Å². The number of hydrogen-bond acceptors (Lipinski definition) is 4. The molecule has 1 aromatic heterocycles. The van der Waals surface area contributed by atoms with E-state index in [2.05, 4.69) is 5.43 Å². The monoisotopic (exact) mass is 206 g/mol. The topological polar surface area (TPSA) is 47.3 Å². The van der Waals surface area contributed by atoms with Crippen LogP contribution in [-0.2, 0) is 4.74 Å². The standard InChI is InChI=1S/C7H11ClN2OS/c1-11-4-6(10-9)7-5(8)2-3-12-7/h2-3,6,10H,4,9H2,1H3. The number of hydrogen-bond donors (Lipinski definition) is 2. The number of nitrogens with one attached hydrogen (secondary N) is 1. The lowest BCUT2D eigenvalue weighted by Gasteiger charge is -2.12. The van der Waals surface area contributed by atoms with Crippen LogP contribution in [0.4, 0.5) is 0 Å². The Bertz CT molecular complexity index is 241. The van der Waals surface area contributed by atoms with Crippen LogP contribution >= 0.6 is 22.9 Å². The maximum Gasteiger partial charge on any atom is 0.0801 e. The van der Waals surface area contributed by atoms with Gasteiger partial charge in [-0.15, -0.1) is 11.3 Å². The van der Waals surface area contributed by atoms with E-state index in [9.17, 15) is 0 Å². The Morgan fingerprint density at radius 3 is 3.00 bits per heavy atom. The molecule has 3 N–H and O–H groups in total. The summed E-state index contributed by atoms with van der Waals surface area (Å²) in [7, 11) is 1.63. The average Bonchev–Trinajstić information content (AvgIpc) is 2.47. The number of ether oxygens (including phenoxy) is 1. The second-order valence-corrected chi connectivity index (χ2v) is 3.66. The third kappa shape index (κ3) is 2.18. The summed E-state index contributed by atoms with van der Waals surface area (Å²) in [5, 5.41) is 2.66. The molecule has 3 nitrogen and oxygen atoms in total. The highest BCUT2D eigenvalue weighted by molar-refractivity contribution is 7.10. The van der Waals surface area contributed by atoms with Crippen LogP contribution < -0.4 is 11.3 Å². The maximum absolute atomic E-state index is 5.91. The number of hydrazine groups is 1. The lowest BCUT2D eigenvalue weighted by Crippen LogP contribution is -2.30. The van der Waals surface area contributed by atoms with Crippen molar-refractivity contribution in [2.75, 3.05) is 13.7 Å². The molecule has 1 unspecified atom stereocenters. The van der Waals surface area contributed by atoms with Gasteiger partial charge in [0.2, 0.25) is 0 Å². The summed E-state index contributed by atoms with van der Waals surface area (Å²) in [4.78, 5) is 1.01. The number of halogens is 1. The van der Waals surface area contributed by atoms with Gasteiger partial charge in [-0.2, -0.15) is 0 Å². The molecule has 0 spiro atoms. The van der Waals surface area contributed by atoms with Gasteiger partial charge in [-0.1, -0.05) is 11.6 Å². The molecular weight excluding hydrogens is 196 g/mol. The van der Waals surface area contributed by atoms with Crippen molar-refractivity contribution in [1.29, 1.82) is 0 Å². The first-order valence-corrected chi connectivity index (χ1v) is 4.73. The second-order valence-electron chi connectivity index (χ2n) is 2.31. The van der Waals surface area contributed by atoms with Gasteiger partial charge in [0.25, 0.3) is 0 Å². The van der Waals surface area contributed by atoms with E-state index >= 15 is 0 Å². The maximum atomic E-state index is 5.91. The summed E-state index contributed by atoms with van der Waals surface area (Å²) in [5.41, 5.74) is 2.65. The van der Waals surface area contributed by atoms with Crippen molar-refractivity contribution in [2.45, 2.75) is 6.04 Å². The molecule has 1 heterocycles. The van der Waals surface area contributed by atoms with Crippen molar-refractivity contribution >= 4 is 22.9 Å². The van der Waals surface area contributed by atoms with Gasteiger partial charge in [-0.05, 0) is 11.4 Å². The third-order valence-corrected chi connectivity index (χ3v) is 2.97. The highest BCUT2D eigenvalue weighted by Crippen LogP contribution is 2.28. The molecule has 68 valence electrons. The lowest BCUT2D eigenvalue weighted by molar-refractivity contribution is 0.168. The van der Waals surface area contributed by atoms with Gasteiger partial charge in [-0.3, -0.25) is 5.84 Å². The van der Waals surface area contributed by atoms with Crippen molar-refractivity contribution in [1.82, 2.24) is 5.43 Å². The summed E-state index contributed by atoms with van der Waals surface area (Å²) >= 11 is 7.48. The molecule has 0 aliphatic rings. The largest absolute Gasteiger partial charge is 0.383 e. The zero-order valence-corrected chi connectivity index (χ0v) is 8.28. The van der Waals surface area contributed by atoms with Gasteiger partial charge < -0.3 is 4.74 Å². The molecule has 0 aliphatic heterocycles. The van der Waals surface area contributed by atoms with E-state index in [0.717, 1.165) is 9.90 Å². The first-order chi connectivity index (χ1) is 5.79. The molecule has 12 heavy (non-hydrogen) atoms. The fourth-order valence-corrected chi connectivity index (χ4v) is 2.15. The second kappa shape index (κ2) is 4.79. The molecule has 0 aromatic carbocycles. The molecule has 0 saturated heterocycles. The first kappa shape index (κ1) is 9.95. The van der Waals surface area contributed by atoms with Crippen molar-refractivity contribution in [3.8, 4) is 0 Å². The molecule has 0 saturated carbocycles. The number of rotatable bonds is 4. The molecule has 0 radical (unpaired) electrons. The van der Waals surface area contributed by atoms with Crippen LogP contribution in [-0.4, -0.2) is 13.7 Å². The minimum absolute atomic E-state index is 0.0116. The Balaban J connectivity index is 2.72. The predicted octanol–water partition coefficient (Wildman–Crippen LogP) is 1.55. The van der Waals surface area contributed by atoms with Crippen LogP contribution in [0.15, 0.2) is 11.4 Å². The zero-order valence-electron chi connectivity index (χ0n) is 6.71. The Morgan fingerprint density at radius 2 is 2.58 bits per heavy atom. The predicted molar refractivity (Wildman–Crippen MR) is 51.3 cm³/mol. The van der Waals surface area contributed by atoms with Gasteiger partial charge in [0.1, 0.15) is 0 Å². The van der Waals surface area contributed by atoms with Crippen molar-refractivity contribution in [3.05, 3.63) is 21.3 Å². The van der Waals surface area contributed by atoms with Crippen LogP contribution in [0.2, 0.25) is 5.02 Å². The first-order valence-electron chi connectivity index (χ1n) is 3.47. The molecule has 1 aromatic rings. The summed E-state index contributed by atoms with van der Waals surface area (Å²) in [6, 6.07) is 1.84. The minimum atomic E-state index is -0.0116. The van der Waals surface area contributed by atoms with Gasteiger partial charge >= 0.3 is 0 Å². The molecule has 1 atom stereocenters. The normalized spacial score (nSPS) is 13.2. The Kier molecular flexibility index (Phi) is 3.97. The smallest absolute Gasteiger partial charge is 0.0801 e. The molecule has 0 fully saturated rings. The summed E-state index contributed by atoms with van der Waals surface area (Å²) in [5.74, 6) is 5.34. The number of methoxy groups -OCH3 is 1. The van der Waals surface area contributed by atoms with Crippen LogP contribution in [0.1, 0.15) is 10.9 Å². The van der Waals surface area contributed by atoms with E-state index < -0.39 is 0 Å². The number of thiophene rings is 1. The molecule has 0 bridgehead atoms. The van der Waals surface area contributed by atoms with E-state index in [1.165, 1.54) is 0 Å². The van der Waals surface area contributed by atoms with E-state index in [1.807, 2.05) is 11.4 Å². The number of nitrogens with two attached hydrogens (primary N) is 1. The summed E-state index contributed by atoms with van der Waals surface area (Å²) in [6.07, 6.45) is 0. The van der Waals surface area contributed by atoms with Gasteiger partial charge in [-0.25, -0.2) is 5.43 Å². The van der Waals surface area contributed by atoms with Gasteiger partial charge in [0.15, 0.2) is 0 Å². The third-order valence-electron chi connectivity index (χ3n) is 1.50. The SMILES string of the molecule is COCC(NN)c1sccc1Cl. The van der Waals surface area contributed by atoms with Crippen molar-refractivity contribution in [2.24, 2.45) is 5.84 Å². The van der Waals surface area contributed by atoms with Gasteiger partial charge in [0, 0.05) is 12.0 Å². The lowest BCUT2D eigenvalue weighted by atomic mass is 10.3. The van der Waals surface area contributed by atoms with E-state index in [0.29, 0.717) is 6.61 Å². The highest BCUT2D eigenvalue weighted by Gasteiger charge is 2.13. The minimum Gasteiger partial charge on any atom is -0.383 e. The summed E-state index contributed by atoms with van der Waals surface area (Å²) in [6.45, 7) is 0.525. The Morgan fingerprint density at radius 1 is 1.83 bits per heavy atom. The molecule has 5 heteroatoms. The van der Waals surface area contributed by atoms with Crippen LogP contribution in [0, 0.1) is 0 Å². The molecule has 1 rings (SSSR count). The Labute approximate surface area is 80.4 Å². The fraction of sp³-hybridized carbons (Fsp3) is 0.429. The average molecular weight is 207 g/mol. The van der Waals surface area contributed by atoms with E-state index in [4.69, 9.17) is 22.2 Å². The van der Waals surface area contributed by atoms with Crippen molar-refractivity contribution in [3.63, 3.8) is 0 Å². The zero-order chi connectivity index (χ0) is 8.97. The van der Waals surface area contributed by atoms with Crippen LogP contribution in [0.25, 0.3) is 0 Å². The van der Waals surface area contributed by atoms with E-state index in [1.54, 1.807) is 18.4 Å². The van der Waals surface area contributed by atoms with Crippen LogP contribution in [0.5, 0.6) is 0 Å². The summed E-state index contributed by atoms with van der Waals surface area (Å²) < 4.78 is 4.98. The van der Waals surface area contributed by atoms with E-state index in [-0.39, 0.29) is 6.04 Å². The van der Waals surface area contributed by atoms with Gasteiger partial charge in [0.05, 0.1) is 17.7 Å². The molecular formula is C7H11ClN2OS. The highest BCUT2D eigenvalue weighted by atomic mass is 35.5. The molecule has 0 aliphatic carbocycles.